The van der Waals surface area contributed by atoms with Crippen LogP contribution in [0.4, 0.5) is 0 Å². The summed E-state index contributed by atoms with van der Waals surface area (Å²) < 4.78 is 51.0. The van der Waals surface area contributed by atoms with Crippen LogP contribution in [0.15, 0.2) is 48.5 Å². The first-order chi connectivity index (χ1) is 28.7. The van der Waals surface area contributed by atoms with Gasteiger partial charge in [0, 0.05) is 60.3 Å². The Kier molecular flexibility index (Phi) is 13.4. The Labute approximate surface area is 343 Å². The summed E-state index contributed by atoms with van der Waals surface area (Å²) in [4.78, 5) is 0. The molecule has 0 spiro atoms. The van der Waals surface area contributed by atoms with Gasteiger partial charge in [-0.25, -0.2) is 0 Å². The van der Waals surface area contributed by atoms with Crippen molar-refractivity contribution in [3.63, 3.8) is 0 Å². The van der Waals surface area contributed by atoms with E-state index in [0.29, 0.717) is 24.9 Å². The first kappa shape index (κ1) is 39.7. The first-order valence-electron chi connectivity index (χ1n) is 21.7. The lowest BCUT2D eigenvalue weighted by Crippen LogP contribution is -2.09. The third-order valence-electron chi connectivity index (χ3n) is 11.4. The average Bonchev–Trinajstić information content (AvgIpc) is 4.00. The number of rotatable bonds is 24. The van der Waals surface area contributed by atoms with Crippen LogP contribution < -0.4 is 4.74 Å². The smallest absolute Gasteiger partial charge is 0.181 e. The van der Waals surface area contributed by atoms with Crippen LogP contribution >= 0.6 is 0 Å². The average molecular weight is 789 g/mol. The molecule has 3 aromatic carbocycles. The normalized spacial score (nSPS) is 24.3. The van der Waals surface area contributed by atoms with Gasteiger partial charge in [-0.05, 0) is 116 Å². The second kappa shape index (κ2) is 19.5. The highest BCUT2D eigenvalue weighted by atomic mass is 16.8. The maximum absolute atomic E-state index is 6.63. The Morgan fingerprint density at radius 2 is 0.966 bits per heavy atom. The zero-order valence-corrected chi connectivity index (χ0v) is 33.6. The topological polar surface area (TPSA) is 103 Å². The van der Waals surface area contributed by atoms with E-state index in [4.69, 9.17) is 42.6 Å². The third kappa shape index (κ3) is 12.6. The van der Waals surface area contributed by atoms with Gasteiger partial charge in [0.05, 0.1) is 57.5 Å². The molecule has 3 aromatic rings. The van der Waals surface area contributed by atoms with E-state index in [1.807, 2.05) is 0 Å². The van der Waals surface area contributed by atoms with Crippen molar-refractivity contribution in [3.05, 3.63) is 98.6 Å². The molecule has 6 atom stereocenters. The highest BCUT2D eigenvalue weighted by molar-refractivity contribution is 5.56. The molecular formula is C49H56O9. The molecule has 0 saturated carbocycles. The lowest BCUT2D eigenvalue weighted by Gasteiger charge is -2.18. The fourth-order valence-corrected chi connectivity index (χ4v) is 7.54. The summed E-state index contributed by atoms with van der Waals surface area (Å²) in [7, 11) is 0. The van der Waals surface area contributed by atoms with Crippen LogP contribution in [0.2, 0.25) is 0 Å². The summed E-state index contributed by atoms with van der Waals surface area (Å²) in [5.74, 6) is 15.0. The molecular weight excluding hydrogens is 733 g/mol. The summed E-state index contributed by atoms with van der Waals surface area (Å²) in [6.45, 7) is 6.93. The minimum atomic E-state index is 0.00346. The molecule has 9 heteroatoms. The monoisotopic (exact) mass is 788 g/mol. The second-order valence-corrected chi connectivity index (χ2v) is 16.3. The van der Waals surface area contributed by atoms with Crippen molar-refractivity contribution in [3.8, 4) is 29.4 Å². The molecule has 6 aliphatic rings. The SMILES string of the molecule is C(#Cc1ccc(CC2CO2)c(CC2CO2)c1CCCCOC1CO1)c1ccc(C#Cc2ccc(CCCCOC3CO3)c(OCCCCC3CO3)c2CC2CO2)cc1. The number of hydrogen-bond acceptors (Lipinski definition) is 9. The van der Waals surface area contributed by atoms with Gasteiger partial charge in [0.15, 0.2) is 12.6 Å². The number of hydrogen-bond donors (Lipinski definition) is 0. The van der Waals surface area contributed by atoms with E-state index >= 15 is 0 Å². The Balaban J connectivity index is 0.901. The molecule has 9 nitrogen and oxygen atoms in total. The van der Waals surface area contributed by atoms with Crippen LogP contribution in [-0.4, -0.2) is 96.5 Å². The lowest BCUT2D eigenvalue weighted by molar-refractivity contribution is 0.0479. The predicted octanol–water partition coefficient (Wildman–Crippen LogP) is 6.65. The second-order valence-electron chi connectivity index (χ2n) is 16.3. The molecule has 6 heterocycles. The largest absolute Gasteiger partial charge is 0.493 e. The quantitative estimate of drug-likeness (QED) is 0.0561. The van der Waals surface area contributed by atoms with Crippen molar-refractivity contribution in [2.45, 2.75) is 114 Å². The van der Waals surface area contributed by atoms with E-state index in [0.717, 1.165) is 163 Å². The highest BCUT2D eigenvalue weighted by Crippen LogP contribution is 2.34. The summed E-state index contributed by atoms with van der Waals surface area (Å²) in [6.07, 6.45) is 13.1. The number of ether oxygens (including phenoxy) is 9. The Morgan fingerprint density at radius 1 is 0.448 bits per heavy atom. The van der Waals surface area contributed by atoms with E-state index in [9.17, 15) is 0 Å². The van der Waals surface area contributed by atoms with Crippen molar-refractivity contribution in [1.29, 1.82) is 0 Å². The van der Waals surface area contributed by atoms with Crippen molar-refractivity contribution < 1.29 is 42.6 Å². The third-order valence-corrected chi connectivity index (χ3v) is 11.4. The molecule has 58 heavy (non-hydrogen) atoms. The standard InChI is InChI=1S/C49H56O9/c1(4-22-50-47-32-57-47)7-38-20-18-37(46(27-43-31-56-43)49(38)52-24-5-2-8-40-28-53-40)17-15-35-12-10-34(11-13-35)14-16-36-19-21-39(25-41-29-54-41)45(26-42-30-55-42)44(36)9-3-6-23-51-48-33-58-48/h10-13,18-21,40-43,47-48H,1-9,22-33H2. The van der Waals surface area contributed by atoms with Gasteiger partial charge < -0.3 is 42.6 Å². The van der Waals surface area contributed by atoms with Gasteiger partial charge in [-0.3, -0.25) is 0 Å². The van der Waals surface area contributed by atoms with Crippen molar-refractivity contribution in [2.24, 2.45) is 0 Å². The number of benzene rings is 3. The first-order valence-corrected chi connectivity index (χ1v) is 21.7. The Hall–Kier alpha value is -3.74. The fraction of sp³-hybridized carbons (Fsp3) is 0.551. The molecule has 0 radical (unpaired) electrons. The molecule has 0 amide bonds. The molecule has 6 aliphatic heterocycles. The van der Waals surface area contributed by atoms with Crippen LogP contribution in [0.1, 0.15) is 95.0 Å². The maximum Gasteiger partial charge on any atom is 0.181 e. The van der Waals surface area contributed by atoms with Gasteiger partial charge >= 0.3 is 0 Å². The predicted molar refractivity (Wildman–Crippen MR) is 218 cm³/mol. The molecule has 0 bridgehead atoms. The minimum absolute atomic E-state index is 0.00346. The van der Waals surface area contributed by atoms with Crippen LogP contribution in [-0.2, 0) is 70.0 Å². The molecule has 6 unspecified atom stereocenters. The zero-order valence-electron chi connectivity index (χ0n) is 33.6. The molecule has 6 fully saturated rings. The van der Waals surface area contributed by atoms with Gasteiger partial charge in [0.25, 0.3) is 0 Å². The molecule has 9 rings (SSSR count). The molecule has 0 N–H and O–H groups in total. The molecule has 306 valence electrons. The molecule has 0 aromatic heterocycles. The number of aryl methyl sites for hydroxylation is 1. The van der Waals surface area contributed by atoms with E-state index in [2.05, 4.69) is 72.2 Å². The zero-order chi connectivity index (χ0) is 38.9. The van der Waals surface area contributed by atoms with Gasteiger partial charge in [-0.1, -0.05) is 35.8 Å². The fourth-order valence-electron chi connectivity index (χ4n) is 7.54. The summed E-state index contributed by atoms with van der Waals surface area (Å²) in [5, 5.41) is 0. The van der Waals surface area contributed by atoms with Crippen molar-refractivity contribution >= 4 is 0 Å². The number of epoxide rings is 6. The number of unbranched alkanes of at least 4 members (excludes halogenated alkanes) is 3. The van der Waals surface area contributed by atoms with E-state index in [1.54, 1.807) is 0 Å². The summed E-state index contributed by atoms with van der Waals surface area (Å²) >= 11 is 0. The lowest BCUT2D eigenvalue weighted by atomic mass is 9.88. The minimum Gasteiger partial charge on any atom is -0.493 e. The van der Waals surface area contributed by atoms with E-state index in [-0.39, 0.29) is 18.7 Å². The van der Waals surface area contributed by atoms with Crippen LogP contribution in [0.3, 0.4) is 0 Å². The van der Waals surface area contributed by atoms with E-state index < -0.39 is 0 Å². The van der Waals surface area contributed by atoms with Crippen LogP contribution in [0.25, 0.3) is 0 Å². The Morgan fingerprint density at radius 3 is 1.55 bits per heavy atom. The summed E-state index contributed by atoms with van der Waals surface area (Å²) in [6, 6.07) is 17.2. The molecule has 6 saturated heterocycles. The van der Waals surface area contributed by atoms with Gasteiger partial charge in [-0.15, -0.1) is 0 Å². The highest BCUT2D eigenvalue weighted by Gasteiger charge is 2.30. The maximum atomic E-state index is 6.63. The van der Waals surface area contributed by atoms with Crippen molar-refractivity contribution in [1.82, 2.24) is 0 Å². The van der Waals surface area contributed by atoms with Gasteiger partial charge in [0.1, 0.15) is 19.0 Å². The Bertz CT molecular complexity index is 1960. The van der Waals surface area contributed by atoms with Crippen LogP contribution in [0, 0.1) is 23.7 Å². The van der Waals surface area contributed by atoms with Crippen LogP contribution in [0.5, 0.6) is 5.75 Å². The van der Waals surface area contributed by atoms with Gasteiger partial charge in [-0.2, -0.15) is 0 Å². The summed E-state index contributed by atoms with van der Waals surface area (Å²) in [5.41, 5.74) is 10.5. The molecule has 0 aliphatic carbocycles. The van der Waals surface area contributed by atoms with Gasteiger partial charge in [0.2, 0.25) is 0 Å². The van der Waals surface area contributed by atoms with E-state index in [1.165, 1.54) is 22.3 Å². The van der Waals surface area contributed by atoms with Crippen molar-refractivity contribution in [2.75, 3.05) is 59.5 Å².